The smallest absolute Gasteiger partial charge is 0.173 e. The topological polar surface area (TPSA) is 50.7 Å². The first-order chi connectivity index (χ1) is 14.4. The summed E-state index contributed by atoms with van der Waals surface area (Å²) in [4.78, 5) is 11.6. The van der Waals surface area contributed by atoms with Crippen LogP contribution in [0.4, 0.5) is 4.39 Å². The zero-order chi connectivity index (χ0) is 21.0. The SMILES string of the molecule is Cc1cn2nc(-c3cc(F)c4nc(C5CCN(C(C)C)CC5)cn4c3)cc(C)c2n1. The van der Waals surface area contributed by atoms with Gasteiger partial charge >= 0.3 is 0 Å². The highest BCUT2D eigenvalue weighted by atomic mass is 19.1. The molecular weight excluding hydrogens is 379 g/mol. The molecule has 1 aliphatic rings. The molecule has 7 heteroatoms. The van der Waals surface area contributed by atoms with Crippen LogP contribution in [-0.2, 0) is 0 Å². The van der Waals surface area contributed by atoms with Gasteiger partial charge in [0.25, 0.3) is 0 Å². The van der Waals surface area contributed by atoms with Crippen LogP contribution in [0, 0.1) is 19.7 Å². The summed E-state index contributed by atoms with van der Waals surface area (Å²) in [5.74, 6) is 0.0631. The number of rotatable bonds is 3. The van der Waals surface area contributed by atoms with Crippen LogP contribution >= 0.6 is 0 Å². The van der Waals surface area contributed by atoms with Crippen molar-refractivity contribution in [1.29, 1.82) is 0 Å². The summed E-state index contributed by atoms with van der Waals surface area (Å²) < 4.78 is 18.5. The number of halogens is 1. The van der Waals surface area contributed by atoms with Gasteiger partial charge in [-0.05, 0) is 71.3 Å². The summed E-state index contributed by atoms with van der Waals surface area (Å²) in [6, 6.07) is 4.06. The summed E-state index contributed by atoms with van der Waals surface area (Å²) in [5.41, 5.74) is 5.57. The number of imidazole rings is 2. The van der Waals surface area contributed by atoms with E-state index in [4.69, 9.17) is 0 Å². The van der Waals surface area contributed by atoms with E-state index in [0.29, 0.717) is 17.6 Å². The van der Waals surface area contributed by atoms with Gasteiger partial charge in [0.2, 0.25) is 0 Å². The highest BCUT2D eigenvalue weighted by Gasteiger charge is 2.24. The van der Waals surface area contributed by atoms with E-state index in [1.54, 1.807) is 4.52 Å². The molecule has 0 saturated carbocycles. The second-order valence-corrected chi connectivity index (χ2v) is 8.74. The summed E-state index contributed by atoms with van der Waals surface area (Å²) in [6.45, 7) is 10.6. The van der Waals surface area contributed by atoms with E-state index in [2.05, 4.69) is 33.8 Å². The van der Waals surface area contributed by atoms with Crippen molar-refractivity contribution in [2.24, 2.45) is 0 Å². The van der Waals surface area contributed by atoms with Gasteiger partial charge in [0.1, 0.15) is 0 Å². The van der Waals surface area contributed by atoms with Gasteiger partial charge in [-0.15, -0.1) is 0 Å². The molecule has 0 spiro atoms. The van der Waals surface area contributed by atoms with E-state index in [9.17, 15) is 4.39 Å². The predicted octanol–water partition coefficient (Wildman–Crippen LogP) is 4.39. The van der Waals surface area contributed by atoms with Crippen LogP contribution in [0.3, 0.4) is 0 Å². The molecule has 0 bridgehead atoms. The lowest BCUT2D eigenvalue weighted by molar-refractivity contribution is 0.171. The number of nitrogens with zero attached hydrogens (tertiary/aromatic N) is 6. The Bertz CT molecular complexity index is 1230. The van der Waals surface area contributed by atoms with E-state index in [1.165, 1.54) is 6.07 Å². The molecular formula is C23H27FN6. The van der Waals surface area contributed by atoms with Crippen molar-refractivity contribution in [1.82, 2.24) is 28.9 Å². The highest BCUT2D eigenvalue weighted by molar-refractivity contribution is 5.64. The van der Waals surface area contributed by atoms with Gasteiger partial charge in [-0.1, -0.05) is 0 Å². The fraction of sp³-hybridized carbons (Fsp3) is 0.435. The van der Waals surface area contributed by atoms with E-state index < -0.39 is 0 Å². The minimum atomic E-state index is -0.320. The Kier molecular flexibility index (Phi) is 4.58. The maximum absolute atomic E-state index is 15.0. The number of aryl methyl sites for hydroxylation is 2. The lowest BCUT2D eigenvalue weighted by Crippen LogP contribution is -2.37. The third-order valence-electron chi connectivity index (χ3n) is 6.23. The number of piperidine rings is 1. The van der Waals surface area contributed by atoms with Gasteiger partial charge in [-0.3, -0.25) is 0 Å². The molecule has 30 heavy (non-hydrogen) atoms. The van der Waals surface area contributed by atoms with Crippen molar-refractivity contribution >= 4 is 11.3 Å². The van der Waals surface area contributed by atoms with Crippen LogP contribution in [0.5, 0.6) is 0 Å². The van der Waals surface area contributed by atoms with E-state index >= 15 is 0 Å². The molecule has 1 aliphatic heterocycles. The number of hydrogen-bond donors (Lipinski definition) is 0. The number of hydrogen-bond acceptors (Lipinski definition) is 4. The molecule has 4 aromatic heterocycles. The Morgan fingerprint density at radius 3 is 2.50 bits per heavy atom. The molecule has 5 heterocycles. The molecule has 0 aliphatic carbocycles. The number of aromatic nitrogens is 5. The van der Waals surface area contributed by atoms with Gasteiger partial charge in [-0.25, -0.2) is 18.9 Å². The zero-order valence-electron chi connectivity index (χ0n) is 17.9. The Balaban J connectivity index is 1.50. The molecule has 0 N–H and O–H groups in total. The fourth-order valence-electron chi connectivity index (χ4n) is 4.51. The summed E-state index contributed by atoms with van der Waals surface area (Å²) in [7, 11) is 0. The molecule has 0 radical (unpaired) electrons. The van der Waals surface area contributed by atoms with Crippen LogP contribution in [0.2, 0.25) is 0 Å². The molecule has 0 atom stereocenters. The van der Waals surface area contributed by atoms with E-state index in [0.717, 1.165) is 59.8 Å². The minimum Gasteiger partial charge on any atom is -0.304 e. The molecule has 6 nitrogen and oxygen atoms in total. The maximum Gasteiger partial charge on any atom is 0.173 e. The van der Waals surface area contributed by atoms with Crippen molar-refractivity contribution in [2.45, 2.75) is 52.5 Å². The van der Waals surface area contributed by atoms with Gasteiger partial charge in [0.15, 0.2) is 17.1 Å². The Morgan fingerprint density at radius 2 is 1.77 bits per heavy atom. The third kappa shape index (κ3) is 3.27. The molecule has 0 amide bonds. The van der Waals surface area contributed by atoms with Crippen molar-refractivity contribution in [2.75, 3.05) is 13.1 Å². The number of pyridine rings is 1. The monoisotopic (exact) mass is 406 g/mol. The average molecular weight is 407 g/mol. The van der Waals surface area contributed by atoms with Crippen molar-refractivity contribution in [3.05, 3.63) is 53.5 Å². The molecule has 1 fully saturated rings. The first-order valence-electron chi connectivity index (χ1n) is 10.7. The normalized spacial score (nSPS) is 16.3. The lowest BCUT2D eigenvalue weighted by atomic mass is 9.93. The van der Waals surface area contributed by atoms with Crippen LogP contribution in [0.25, 0.3) is 22.6 Å². The molecule has 0 aromatic carbocycles. The van der Waals surface area contributed by atoms with Gasteiger partial charge in [-0.2, -0.15) is 5.10 Å². The van der Waals surface area contributed by atoms with Crippen molar-refractivity contribution in [3.63, 3.8) is 0 Å². The predicted molar refractivity (Wildman–Crippen MR) is 115 cm³/mol. The lowest BCUT2D eigenvalue weighted by Gasteiger charge is -2.33. The Morgan fingerprint density at radius 1 is 1.00 bits per heavy atom. The largest absolute Gasteiger partial charge is 0.304 e. The molecule has 156 valence electrons. The van der Waals surface area contributed by atoms with Gasteiger partial charge < -0.3 is 9.30 Å². The third-order valence-corrected chi connectivity index (χ3v) is 6.23. The molecule has 0 unspecified atom stereocenters. The zero-order valence-corrected chi connectivity index (χ0v) is 17.9. The summed E-state index contributed by atoms with van der Waals surface area (Å²) in [6.07, 6.45) is 7.93. The van der Waals surface area contributed by atoms with Crippen LogP contribution in [0.1, 0.15) is 49.6 Å². The first kappa shape index (κ1) is 19.2. The summed E-state index contributed by atoms with van der Waals surface area (Å²) in [5, 5.41) is 4.64. The minimum absolute atomic E-state index is 0.320. The Hall–Kier alpha value is -2.80. The first-order valence-corrected chi connectivity index (χ1v) is 10.7. The van der Waals surface area contributed by atoms with E-state index in [1.807, 2.05) is 42.9 Å². The highest BCUT2D eigenvalue weighted by Crippen LogP contribution is 2.30. The van der Waals surface area contributed by atoms with Crippen LogP contribution < -0.4 is 0 Å². The van der Waals surface area contributed by atoms with Crippen molar-refractivity contribution in [3.8, 4) is 11.3 Å². The molecule has 1 saturated heterocycles. The summed E-state index contributed by atoms with van der Waals surface area (Å²) >= 11 is 0. The fourth-order valence-corrected chi connectivity index (χ4v) is 4.51. The molecule has 5 rings (SSSR count). The van der Waals surface area contributed by atoms with Gasteiger partial charge in [0.05, 0.1) is 23.3 Å². The number of likely N-dealkylation sites (tertiary alicyclic amines) is 1. The van der Waals surface area contributed by atoms with E-state index in [-0.39, 0.29) is 5.82 Å². The second kappa shape index (κ2) is 7.16. The van der Waals surface area contributed by atoms with Crippen LogP contribution in [-0.4, -0.2) is 48.0 Å². The number of fused-ring (bicyclic) bond motifs is 2. The van der Waals surface area contributed by atoms with Crippen LogP contribution in [0.15, 0.2) is 30.7 Å². The van der Waals surface area contributed by atoms with Gasteiger partial charge in [0, 0.05) is 29.9 Å². The Labute approximate surface area is 175 Å². The molecule has 4 aromatic rings. The quantitative estimate of drug-likeness (QED) is 0.506. The van der Waals surface area contributed by atoms with Crippen molar-refractivity contribution < 1.29 is 4.39 Å². The average Bonchev–Trinajstić information content (AvgIpc) is 3.31. The standard InChI is InChI=1S/C23H27FN6/c1-14(2)28-7-5-17(6-8-28)21-13-29-12-18(10-19(24)23(29)26-21)20-9-15(3)22-25-16(4)11-30(22)27-20/h9-14,17H,5-8H2,1-4H3. The maximum atomic E-state index is 15.0. The second-order valence-electron chi connectivity index (χ2n) is 8.74.